The molecule has 1 amide bonds. The summed E-state index contributed by atoms with van der Waals surface area (Å²) in [6, 6.07) is 4.23. The Balaban J connectivity index is 2.13. The van der Waals surface area contributed by atoms with E-state index in [1.54, 1.807) is 6.07 Å². The molecule has 2 rings (SSSR count). The van der Waals surface area contributed by atoms with Crippen molar-refractivity contribution in [2.24, 2.45) is 11.7 Å². The number of hydrogen-bond acceptors (Lipinski definition) is 2. The van der Waals surface area contributed by atoms with E-state index in [4.69, 9.17) is 29.6 Å². The lowest BCUT2D eigenvalue weighted by Crippen LogP contribution is -2.42. The van der Waals surface area contributed by atoms with Gasteiger partial charge in [-0.25, -0.2) is 4.39 Å². The van der Waals surface area contributed by atoms with Crippen molar-refractivity contribution >= 4 is 34.7 Å². The molecule has 0 aliphatic heterocycles. The maximum absolute atomic E-state index is 13.7. The summed E-state index contributed by atoms with van der Waals surface area (Å²) in [7, 11) is 0. The van der Waals surface area contributed by atoms with E-state index in [-0.39, 0.29) is 22.5 Å². The number of amides is 1. The minimum atomic E-state index is -0.702. The molecule has 1 aromatic rings. The van der Waals surface area contributed by atoms with Crippen LogP contribution in [-0.4, -0.2) is 16.9 Å². The number of thiocarbonyl (C=S) groups is 1. The first kappa shape index (κ1) is 14.2. The molecule has 1 aliphatic carbocycles. The molecule has 0 aromatic heterocycles. The van der Waals surface area contributed by atoms with Crippen LogP contribution in [0, 0.1) is 11.7 Å². The molecule has 1 aliphatic rings. The van der Waals surface area contributed by atoms with Crippen molar-refractivity contribution in [1.29, 1.82) is 0 Å². The lowest BCUT2D eigenvalue weighted by atomic mass is 10.0. The van der Waals surface area contributed by atoms with Gasteiger partial charge in [0.2, 0.25) is 0 Å². The van der Waals surface area contributed by atoms with Crippen LogP contribution in [0.25, 0.3) is 0 Å². The van der Waals surface area contributed by atoms with Crippen molar-refractivity contribution in [2.75, 3.05) is 0 Å². The lowest BCUT2D eigenvalue weighted by Gasteiger charge is -2.20. The number of hydrogen-bond donors (Lipinski definition) is 2. The van der Waals surface area contributed by atoms with Crippen LogP contribution >= 0.6 is 23.8 Å². The highest BCUT2D eigenvalue weighted by Gasteiger charge is 2.31. The highest BCUT2D eigenvalue weighted by molar-refractivity contribution is 7.80. The molecule has 3 N–H and O–H groups in total. The standard InChI is InChI=1S/C13H14ClFN2OS/c14-9-5-1-4-8(11(9)15)13(18)17-10-6-2-3-7(10)12(16)19/h1,4-5,7,10H,2-3,6H2,(H2,16,19)(H,17,18). The summed E-state index contributed by atoms with van der Waals surface area (Å²) < 4.78 is 13.7. The van der Waals surface area contributed by atoms with Gasteiger partial charge in [0.05, 0.1) is 15.6 Å². The Morgan fingerprint density at radius 1 is 1.47 bits per heavy atom. The Morgan fingerprint density at radius 2 is 2.21 bits per heavy atom. The molecule has 3 nitrogen and oxygen atoms in total. The fourth-order valence-electron chi connectivity index (χ4n) is 2.40. The average molecular weight is 301 g/mol. The zero-order chi connectivity index (χ0) is 14.0. The summed E-state index contributed by atoms with van der Waals surface area (Å²) in [4.78, 5) is 12.4. The van der Waals surface area contributed by atoms with Crippen LogP contribution in [0.5, 0.6) is 0 Å². The quantitative estimate of drug-likeness (QED) is 0.844. The Kier molecular flexibility index (Phi) is 4.37. The molecule has 102 valence electrons. The van der Waals surface area contributed by atoms with E-state index in [9.17, 15) is 9.18 Å². The zero-order valence-electron chi connectivity index (χ0n) is 10.2. The average Bonchev–Trinajstić information content (AvgIpc) is 2.80. The zero-order valence-corrected chi connectivity index (χ0v) is 11.7. The molecule has 19 heavy (non-hydrogen) atoms. The normalized spacial score (nSPS) is 22.2. The van der Waals surface area contributed by atoms with Crippen LogP contribution in [0.15, 0.2) is 18.2 Å². The fourth-order valence-corrected chi connectivity index (χ4v) is 2.86. The largest absolute Gasteiger partial charge is 0.393 e. The third-order valence-corrected chi connectivity index (χ3v) is 3.99. The highest BCUT2D eigenvalue weighted by atomic mass is 35.5. The topological polar surface area (TPSA) is 55.1 Å². The Morgan fingerprint density at radius 3 is 2.89 bits per heavy atom. The molecule has 0 bridgehead atoms. The molecule has 1 aromatic carbocycles. The molecule has 0 heterocycles. The number of halogens is 2. The summed E-state index contributed by atoms with van der Waals surface area (Å²) in [5.74, 6) is -1.19. The summed E-state index contributed by atoms with van der Waals surface area (Å²) in [6.07, 6.45) is 2.61. The van der Waals surface area contributed by atoms with Crippen molar-refractivity contribution < 1.29 is 9.18 Å². The van der Waals surface area contributed by atoms with Crippen molar-refractivity contribution in [2.45, 2.75) is 25.3 Å². The summed E-state index contributed by atoms with van der Waals surface area (Å²) in [5, 5.41) is 2.72. The SMILES string of the molecule is NC(=S)C1CCCC1NC(=O)c1cccc(Cl)c1F. The smallest absolute Gasteiger partial charge is 0.254 e. The second-order valence-corrected chi connectivity index (χ2v) is 5.50. The van der Waals surface area contributed by atoms with Crippen LogP contribution < -0.4 is 11.1 Å². The van der Waals surface area contributed by atoms with Crippen molar-refractivity contribution in [3.05, 3.63) is 34.6 Å². The van der Waals surface area contributed by atoms with Crippen molar-refractivity contribution in [3.8, 4) is 0 Å². The molecular weight excluding hydrogens is 287 g/mol. The predicted molar refractivity (Wildman–Crippen MR) is 76.8 cm³/mol. The number of benzene rings is 1. The van der Waals surface area contributed by atoms with Gasteiger partial charge in [0.15, 0.2) is 5.82 Å². The molecular formula is C13H14ClFN2OS. The number of rotatable bonds is 3. The molecule has 2 atom stereocenters. The van der Waals surface area contributed by atoms with E-state index in [1.807, 2.05) is 0 Å². The van der Waals surface area contributed by atoms with E-state index in [1.165, 1.54) is 12.1 Å². The van der Waals surface area contributed by atoms with Crippen molar-refractivity contribution in [3.63, 3.8) is 0 Å². The van der Waals surface area contributed by atoms with Crippen molar-refractivity contribution in [1.82, 2.24) is 5.32 Å². The maximum Gasteiger partial charge on any atom is 0.254 e. The molecule has 0 radical (unpaired) electrons. The fraction of sp³-hybridized carbons (Fsp3) is 0.385. The summed E-state index contributed by atoms with van der Waals surface area (Å²) in [5.41, 5.74) is 5.59. The Hall–Kier alpha value is -1.20. The van der Waals surface area contributed by atoms with E-state index >= 15 is 0 Å². The first-order valence-corrected chi connectivity index (χ1v) is 6.83. The predicted octanol–water partition coefficient (Wildman–Crippen LogP) is 2.66. The third-order valence-electron chi connectivity index (χ3n) is 3.39. The van der Waals surface area contributed by atoms with Gasteiger partial charge in [-0.3, -0.25) is 4.79 Å². The van der Waals surface area contributed by atoms with Crippen LogP contribution in [0.3, 0.4) is 0 Å². The monoisotopic (exact) mass is 300 g/mol. The second kappa shape index (κ2) is 5.84. The first-order valence-electron chi connectivity index (χ1n) is 6.05. The Bertz CT molecular complexity index is 523. The molecule has 2 unspecified atom stereocenters. The van der Waals surface area contributed by atoms with Gasteiger partial charge in [-0.2, -0.15) is 0 Å². The summed E-state index contributed by atoms with van der Waals surface area (Å²) in [6.45, 7) is 0. The van der Waals surface area contributed by atoms with Crippen LogP contribution in [0.4, 0.5) is 4.39 Å². The number of nitrogens with one attached hydrogen (secondary N) is 1. The van der Waals surface area contributed by atoms with Gasteiger partial charge in [0.1, 0.15) is 0 Å². The summed E-state index contributed by atoms with van der Waals surface area (Å²) >= 11 is 10.6. The number of carbonyl (C=O) groups is 1. The van der Waals surface area contributed by atoms with Gasteiger partial charge >= 0.3 is 0 Å². The molecule has 0 saturated heterocycles. The third kappa shape index (κ3) is 3.04. The van der Waals surface area contributed by atoms with Gasteiger partial charge < -0.3 is 11.1 Å². The molecule has 1 fully saturated rings. The van der Waals surface area contributed by atoms with Crippen LogP contribution in [0.2, 0.25) is 5.02 Å². The van der Waals surface area contributed by atoms with Gasteiger partial charge in [0, 0.05) is 12.0 Å². The van der Waals surface area contributed by atoms with E-state index < -0.39 is 11.7 Å². The van der Waals surface area contributed by atoms with Gasteiger partial charge in [-0.1, -0.05) is 36.3 Å². The van der Waals surface area contributed by atoms with E-state index in [2.05, 4.69) is 5.32 Å². The van der Waals surface area contributed by atoms with Gasteiger partial charge in [0.25, 0.3) is 5.91 Å². The minimum absolute atomic E-state index is 0.0128. The highest BCUT2D eigenvalue weighted by Crippen LogP contribution is 2.26. The van der Waals surface area contributed by atoms with E-state index in [0.717, 1.165) is 19.3 Å². The molecule has 0 spiro atoms. The second-order valence-electron chi connectivity index (χ2n) is 4.62. The Labute approximate surface area is 121 Å². The van der Waals surface area contributed by atoms with E-state index in [0.29, 0.717) is 4.99 Å². The van der Waals surface area contributed by atoms with Crippen LogP contribution in [0.1, 0.15) is 29.6 Å². The first-order chi connectivity index (χ1) is 9.00. The molecule has 1 saturated carbocycles. The van der Waals surface area contributed by atoms with Gasteiger partial charge in [-0.15, -0.1) is 0 Å². The number of nitrogens with two attached hydrogens (primary N) is 1. The number of carbonyl (C=O) groups excluding carboxylic acids is 1. The maximum atomic E-state index is 13.7. The van der Waals surface area contributed by atoms with Gasteiger partial charge in [-0.05, 0) is 25.0 Å². The molecule has 6 heteroatoms. The lowest BCUT2D eigenvalue weighted by molar-refractivity contribution is 0.0929. The minimum Gasteiger partial charge on any atom is -0.393 e. The van der Waals surface area contributed by atoms with Crippen LogP contribution in [-0.2, 0) is 0 Å².